The number of rotatable bonds is 8. The highest BCUT2D eigenvalue weighted by Crippen LogP contribution is 2.13. The minimum atomic E-state index is -1.50. The zero-order chi connectivity index (χ0) is 12.0. The maximum Gasteiger partial charge on any atom is 0.321 e. The molecule has 0 N–H and O–H groups in total. The number of epoxide rings is 1. The molecule has 0 aromatic rings. The lowest BCUT2D eigenvalue weighted by molar-refractivity contribution is 0.0861. The van der Waals surface area contributed by atoms with Gasteiger partial charge < -0.3 is 18.3 Å². The first kappa shape index (κ1) is 14.1. The second-order valence-corrected chi connectivity index (χ2v) is 7.21. The van der Waals surface area contributed by atoms with Crippen LogP contribution in [0, 0.1) is 0 Å². The molecule has 0 aromatic carbocycles. The molecule has 1 aliphatic rings. The number of ether oxygens (including phenoxy) is 2. The van der Waals surface area contributed by atoms with Crippen LogP contribution in [0.15, 0.2) is 0 Å². The van der Waals surface area contributed by atoms with Crippen molar-refractivity contribution in [1.82, 2.24) is 0 Å². The summed E-state index contributed by atoms with van der Waals surface area (Å²) in [6.07, 6.45) is 1.37. The van der Waals surface area contributed by atoms with Gasteiger partial charge in [-0.2, -0.15) is 0 Å². The molecule has 0 spiro atoms. The maximum atomic E-state index is 5.86. The van der Waals surface area contributed by atoms with Gasteiger partial charge in [-0.15, -0.1) is 0 Å². The Morgan fingerprint density at radius 2 is 2.06 bits per heavy atom. The third kappa shape index (κ3) is 7.35. The lowest BCUT2D eigenvalue weighted by Gasteiger charge is -2.25. The van der Waals surface area contributed by atoms with Crippen molar-refractivity contribution in [3.05, 3.63) is 0 Å². The molecule has 2 atom stereocenters. The van der Waals surface area contributed by atoms with Gasteiger partial charge in [-0.1, -0.05) is 0 Å². The molecule has 1 heterocycles. The van der Waals surface area contributed by atoms with Crippen molar-refractivity contribution in [3.8, 4) is 0 Å². The minimum absolute atomic E-state index is 0.102. The quantitative estimate of drug-likeness (QED) is 0.370. The molecule has 4 nitrogen and oxygen atoms in total. The Balaban J connectivity index is 1.99. The van der Waals surface area contributed by atoms with Crippen molar-refractivity contribution in [1.29, 1.82) is 0 Å². The molecule has 1 saturated heterocycles. The second kappa shape index (κ2) is 6.71. The molecule has 0 aromatic heterocycles. The van der Waals surface area contributed by atoms with E-state index in [1.807, 2.05) is 0 Å². The van der Waals surface area contributed by atoms with Crippen LogP contribution in [0.1, 0.15) is 27.2 Å². The average Bonchev–Trinajstić information content (AvgIpc) is 2.97. The number of hydrogen-bond acceptors (Lipinski definition) is 4. The predicted molar refractivity (Wildman–Crippen MR) is 65.0 cm³/mol. The van der Waals surface area contributed by atoms with Crippen LogP contribution in [0.2, 0.25) is 6.04 Å². The molecule has 1 rings (SSSR count). The first-order valence-corrected chi connectivity index (χ1v) is 7.67. The van der Waals surface area contributed by atoms with Crippen LogP contribution in [-0.4, -0.2) is 47.9 Å². The van der Waals surface area contributed by atoms with E-state index >= 15 is 0 Å². The summed E-state index contributed by atoms with van der Waals surface area (Å²) in [5.74, 6) is 0. The van der Waals surface area contributed by atoms with E-state index in [9.17, 15) is 0 Å². The topological polar surface area (TPSA) is 40.2 Å². The van der Waals surface area contributed by atoms with Crippen molar-refractivity contribution in [2.45, 2.75) is 44.9 Å². The van der Waals surface area contributed by atoms with E-state index in [2.05, 4.69) is 20.8 Å². The van der Waals surface area contributed by atoms with Crippen molar-refractivity contribution in [2.24, 2.45) is 0 Å². The molecule has 0 bridgehead atoms. The van der Waals surface area contributed by atoms with E-state index in [-0.39, 0.29) is 5.60 Å². The summed E-state index contributed by atoms with van der Waals surface area (Å²) in [6, 6.07) is 0.999. The van der Waals surface area contributed by atoms with Gasteiger partial charge in [0.05, 0.1) is 13.2 Å². The molecule has 0 aliphatic carbocycles. The summed E-state index contributed by atoms with van der Waals surface area (Å²) in [6.45, 7) is 8.56. The molecule has 16 heavy (non-hydrogen) atoms. The molecule has 1 aliphatic heterocycles. The Labute approximate surface area is 100 Å². The monoisotopic (exact) mass is 248 g/mol. The smallest absolute Gasteiger partial charge is 0.321 e. The van der Waals surface area contributed by atoms with E-state index in [0.29, 0.717) is 6.10 Å². The molecule has 2 unspecified atom stereocenters. The SMILES string of the molecule is CO[SiH](CCCOCC1CO1)OC(C)(C)C. The van der Waals surface area contributed by atoms with E-state index < -0.39 is 9.28 Å². The minimum Gasteiger partial charge on any atom is -0.400 e. The molecule has 0 saturated carbocycles. The molecular formula is C11H24O4Si. The highest BCUT2D eigenvalue weighted by molar-refractivity contribution is 6.44. The first-order valence-electron chi connectivity index (χ1n) is 5.91. The van der Waals surface area contributed by atoms with Crippen molar-refractivity contribution in [3.63, 3.8) is 0 Å². The Kier molecular flexibility index (Phi) is 5.92. The lowest BCUT2D eigenvalue weighted by atomic mass is 10.2. The Morgan fingerprint density at radius 3 is 2.56 bits per heavy atom. The maximum absolute atomic E-state index is 5.86. The van der Waals surface area contributed by atoms with Crippen LogP contribution in [-0.2, 0) is 18.3 Å². The third-order valence-corrected chi connectivity index (χ3v) is 4.56. The Morgan fingerprint density at radius 1 is 1.38 bits per heavy atom. The Hall–Kier alpha value is 0.0569. The largest absolute Gasteiger partial charge is 0.400 e. The van der Waals surface area contributed by atoms with Gasteiger partial charge in [0.1, 0.15) is 6.10 Å². The Bertz CT molecular complexity index is 189. The summed E-state index contributed by atoms with van der Waals surface area (Å²) in [7, 11) is 0.237. The molecule has 0 amide bonds. The summed E-state index contributed by atoms with van der Waals surface area (Å²) in [5.41, 5.74) is -0.102. The van der Waals surface area contributed by atoms with Gasteiger partial charge in [-0.3, -0.25) is 0 Å². The van der Waals surface area contributed by atoms with E-state index in [0.717, 1.165) is 32.3 Å². The van der Waals surface area contributed by atoms with E-state index in [1.54, 1.807) is 7.11 Å². The molecule has 1 fully saturated rings. The normalized spacial score (nSPS) is 22.1. The standard InChI is InChI=1S/C11H24O4Si/c1-11(2,3)15-16(12-4)7-5-6-13-8-10-9-14-10/h10,16H,5-9H2,1-4H3. The highest BCUT2D eigenvalue weighted by atomic mass is 28.3. The molecule has 96 valence electrons. The summed E-state index contributed by atoms with van der Waals surface area (Å²) in [5, 5.41) is 0. The summed E-state index contributed by atoms with van der Waals surface area (Å²) in [4.78, 5) is 0. The van der Waals surface area contributed by atoms with E-state index in [1.165, 1.54) is 0 Å². The van der Waals surface area contributed by atoms with Crippen molar-refractivity contribution >= 4 is 9.28 Å². The van der Waals surface area contributed by atoms with Crippen molar-refractivity contribution < 1.29 is 18.3 Å². The molecule has 5 heteroatoms. The van der Waals surface area contributed by atoms with Gasteiger partial charge in [0.25, 0.3) is 0 Å². The molecule has 0 radical (unpaired) electrons. The zero-order valence-corrected chi connectivity index (χ0v) is 12.0. The van der Waals surface area contributed by atoms with Crippen molar-refractivity contribution in [2.75, 3.05) is 26.9 Å². The van der Waals surface area contributed by atoms with Crippen LogP contribution >= 0.6 is 0 Å². The number of hydrogen-bond donors (Lipinski definition) is 0. The van der Waals surface area contributed by atoms with Crippen LogP contribution < -0.4 is 0 Å². The van der Waals surface area contributed by atoms with Gasteiger partial charge in [0, 0.05) is 19.3 Å². The first-order chi connectivity index (χ1) is 7.51. The fourth-order valence-electron chi connectivity index (χ4n) is 1.35. The summed E-state index contributed by atoms with van der Waals surface area (Å²) < 4.78 is 21.8. The van der Waals surface area contributed by atoms with Crippen LogP contribution in [0.25, 0.3) is 0 Å². The van der Waals surface area contributed by atoms with Crippen LogP contribution in [0.4, 0.5) is 0 Å². The highest BCUT2D eigenvalue weighted by Gasteiger charge is 2.23. The fraction of sp³-hybridized carbons (Fsp3) is 1.00. The predicted octanol–water partition coefficient (Wildman–Crippen LogP) is 1.47. The lowest BCUT2D eigenvalue weighted by Crippen LogP contribution is -2.32. The third-order valence-electron chi connectivity index (χ3n) is 2.18. The molecular weight excluding hydrogens is 224 g/mol. The van der Waals surface area contributed by atoms with Gasteiger partial charge in [-0.05, 0) is 33.2 Å². The van der Waals surface area contributed by atoms with Gasteiger partial charge in [-0.25, -0.2) is 0 Å². The van der Waals surface area contributed by atoms with Gasteiger partial charge in [0.15, 0.2) is 0 Å². The average molecular weight is 248 g/mol. The van der Waals surface area contributed by atoms with E-state index in [4.69, 9.17) is 18.3 Å². The zero-order valence-electron chi connectivity index (χ0n) is 10.8. The second-order valence-electron chi connectivity index (χ2n) is 5.07. The van der Waals surface area contributed by atoms with Crippen LogP contribution in [0.5, 0.6) is 0 Å². The van der Waals surface area contributed by atoms with Gasteiger partial charge >= 0.3 is 9.28 Å². The fourth-order valence-corrected chi connectivity index (χ4v) is 3.09. The van der Waals surface area contributed by atoms with Gasteiger partial charge in [0.2, 0.25) is 0 Å². The van der Waals surface area contributed by atoms with Crippen LogP contribution in [0.3, 0.4) is 0 Å². The summed E-state index contributed by atoms with van der Waals surface area (Å²) >= 11 is 0.